The Morgan fingerprint density at radius 2 is 1.73 bits per heavy atom. The van der Waals surface area contributed by atoms with Gasteiger partial charge in [-0.05, 0) is 52.7 Å². The molecule has 0 N–H and O–H groups in total. The molecular formula is C17H30N4S. The molecule has 22 heavy (non-hydrogen) atoms. The summed E-state index contributed by atoms with van der Waals surface area (Å²) in [5, 5.41) is 10.7. The molecule has 1 saturated heterocycles. The number of aryl methyl sites for hydroxylation is 1. The molecule has 124 valence electrons. The smallest absolute Gasteiger partial charge is 0.131 e. The minimum absolute atomic E-state index is 0.424. The number of hydrogen-bond acceptors (Lipinski definition) is 5. The van der Waals surface area contributed by atoms with Crippen LogP contribution in [0.25, 0.3) is 0 Å². The average molecular weight is 323 g/mol. The number of hydrogen-bond donors (Lipinski definition) is 0. The number of likely N-dealkylation sites (N-methyl/N-ethyl adjacent to an activating group) is 1. The zero-order chi connectivity index (χ0) is 15.4. The van der Waals surface area contributed by atoms with Crippen molar-refractivity contribution in [2.75, 3.05) is 26.7 Å². The third kappa shape index (κ3) is 3.87. The zero-order valence-corrected chi connectivity index (χ0v) is 15.0. The van der Waals surface area contributed by atoms with Gasteiger partial charge in [-0.3, -0.25) is 9.80 Å². The van der Waals surface area contributed by atoms with Gasteiger partial charge in [0.05, 0.1) is 6.54 Å². The third-order valence-electron chi connectivity index (χ3n) is 5.35. The maximum Gasteiger partial charge on any atom is 0.131 e. The highest BCUT2D eigenvalue weighted by molar-refractivity contribution is 7.11. The molecule has 1 aromatic rings. The molecule has 0 bridgehead atoms. The highest BCUT2D eigenvalue weighted by Crippen LogP contribution is 2.36. The molecular weight excluding hydrogens is 292 g/mol. The van der Waals surface area contributed by atoms with E-state index in [2.05, 4.69) is 27.0 Å². The molecule has 1 saturated carbocycles. The second-order valence-corrected chi connectivity index (χ2v) is 8.49. The second-order valence-electron chi connectivity index (χ2n) is 7.22. The molecule has 0 radical (unpaired) electrons. The lowest BCUT2D eigenvalue weighted by Gasteiger charge is -2.50. The Labute approximate surface area is 138 Å². The minimum atomic E-state index is 0.424. The number of rotatable bonds is 5. The summed E-state index contributed by atoms with van der Waals surface area (Å²) in [6.45, 7) is 6.79. The Hall–Kier alpha value is -0.520. The molecule has 2 heterocycles. The minimum Gasteiger partial charge on any atom is -0.298 e. The first-order chi connectivity index (χ1) is 10.7. The van der Waals surface area contributed by atoms with Crippen molar-refractivity contribution in [1.29, 1.82) is 0 Å². The van der Waals surface area contributed by atoms with Gasteiger partial charge in [-0.1, -0.05) is 25.7 Å². The first-order valence-corrected chi connectivity index (χ1v) is 9.72. The summed E-state index contributed by atoms with van der Waals surface area (Å²) in [6.07, 6.45) is 11.2. The summed E-state index contributed by atoms with van der Waals surface area (Å²) in [6, 6.07) is 0. The molecule has 2 fully saturated rings. The predicted molar refractivity (Wildman–Crippen MR) is 92.2 cm³/mol. The van der Waals surface area contributed by atoms with Crippen molar-refractivity contribution in [3.63, 3.8) is 0 Å². The summed E-state index contributed by atoms with van der Waals surface area (Å²) in [4.78, 5) is 5.32. The molecule has 0 spiro atoms. The van der Waals surface area contributed by atoms with Gasteiger partial charge in [-0.15, -0.1) is 21.5 Å². The topological polar surface area (TPSA) is 32.3 Å². The van der Waals surface area contributed by atoms with Crippen LogP contribution in [0.2, 0.25) is 0 Å². The number of aromatic nitrogens is 2. The fourth-order valence-corrected chi connectivity index (χ4v) is 5.13. The fourth-order valence-electron chi connectivity index (χ4n) is 4.34. The summed E-state index contributed by atoms with van der Waals surface area (Å²) in [5.41, 5.74) is 0.424. The van der Waals surface area contributed by atoms with E-state index in [0.717, 1.165) is 16.6 Å². The summed E-state index contributed by atoms with van der Waals surface area (Å²) >= 11 is 1.74. The van der Waals surface area contributed by atoms with Crippen molar-refractivity contribution in [2.24, 2.45) is 0 Å². The van der Waals surface area contributed by atoms with Gasteiger partial charge in [0.1, 0.15) is 10.0 Å². The molecule has 1 aliphatic heterocycles. The van der Waals surface area contributed by atoms with E-state index in [1.165, 1.54) is 71.0 Å². The van der Waals surface area contributed by atoms with Crippen LogP contribution in [0.5, 0.6) is 0 Å². The molecule has 1 aromatic heterocycles. The molecule has 0 amide bonds. The Bertz CT molecular complexity index is 461. The van der Waals surface area contributed by atoms with E-state index < -0.39 is 0 Å². The molecule has 0 unspecified atom stereocenters. The third-order valence-corrected chi connectivity index (χ3v) is 6.17. The number of piperidine rings is 1. The van der Waals surface area contributed by atoms with Crippen molar-refractivity contribution >= 4 is 11.3 Å². The van der Waals surface area contributed by atoms with Crippen LogP contribution in [-0.4, -0.2) is 52.2 Å². The maximum absolute atomic E-state index is 4.30. The maximum atomic E-state index is 4.30. The van der Waals surface area contributed by atoms with Gasteiger partial charge in [0.25, 0.3) is 0 Å². The van der Waals surface area contributed by atoms with E-state index in [0.29, 0.717) is 5.54 Å². The first kappa shape index (κ1) is 16.3. The SMILES string of the molecule is Cc1nnc(CN(C)CC2(N3CCCCC3)CCCCC2)s1. The molecule has 1 aliphatic carbocycles. The van der Waals surface area contributed by atoms with E-state index in [1.807, 2.05) is 6.92 Å². The van der Waals surface area contributed by atoms with Gasteiger partial charge < -0.3 is 0 Å². The van der Waals surface area contributed by atoms with Crippen LogP contribution >= 0.6 is 11.3 Å². The van der Waals surface area contributed by atoms with Gasteiger partial charge in [0.15, 0.2) is 0 Å². The Morgan fingerprint density at radius 3 is 2.36 bits per heavy atom. The van der Waals surface area contributed by atoms with Gasteiger partial charge >= 0.3 is 0 Å². The highest BCUT2D eigenvalue weighted by Gasteiger charge is 2.39. The second kappa shape index (κ2) is 7.37. The molecule has 0 atom stereocenters. The standard InChI is InChI=1S/C17H30N4S/c1-15-18-19-16(22-15)13-20(2)14-17(9-5-3-6-10-17)21-11-7-4-8-12-21/h3-14H2,1-2H3. The fraction of sp³-hybridized carbons (Fsp3) is 0.882. The van der Waals surface area contributed by atoms with E-state index in [4.69, 9.17) is 0 Å². The van der Waals surface area contributed by atoms with E-state index in [9.17, 15) is 0 Å². The van der Waals surface area contributed by atoms with Crippen LogP contribution in [-0.2, 0) is 6.54 Å². The summed E-state index contributed by atoms with van der Waals surface area (Å²) < 4.78 is 0. The first-order valence-electron chi connectivity index (χ1n) is 8.91. The highest BCUT2D eigenvalue weighted by atomic mass is 32.1. The van der Waals surface area contributed by atoms with E-state index in [1.54, 1.807) is 11.3 Å². The lowest BCUT2D eigenvalue weighted by atomic mass is 9.79. The summed E-state index contributed by atoms with van der Waals surface area (Å²) in [5.74, 6) is 0. The Morgan fingerprint density at radius 1 is 1.05 bits per heavy atom. The van der Waals surface area contributed by atoms with Crippen LogP contribution in [0, 0.1) is 6.92 Å². The van der Waals surface area contributed by atoms with Gasteiger partial charge in [0.2, 0.25) is 0 Å². The van der Waals surface area contributed by atoms with Crippen LogP contribution < -0.4 is 0 Å². The zero-order valence-electron chi connectivity index (χ0n) is 14.2. The van der Waals surface area contributed by atoms with Gasteiger partial charge in [-0.25, -0.2) is 0 Å². The van der Waals surface area contributed by atoms with Crippen molar-refractivity contribution in [3.05, 3.63) is 10.0 Å². The lowest BCUT2D eigenvalue weighted by molar-refractivity contribution is 0.00783. The van der Waals surface area contributed by atoms with Crippen molar-refractivity contribution in [3.8, 4) is 0 Å². The van der Waals surface area contributed by atoms with Gasteiger partial charge in [0, 0.05) is 12.1 Å². The van der Waals surface area contributed by atoms with E-state index >= 15 is 0 Å². The molecule has 3 rings (SSSR count). The Kier molecular flexibility index (Phi) is 5.47. The van der Waals surface area contributed by atoms with Crippen molar-refractivity contribution in [2.45, 2.75) is 70.4 Å². The van der Waals surface area contributed by atoms with Crippen LogP contribution in [0.4, 0.5) is 0 Å². The molecule has 5 heteroatoms. The van der Waals surface area contributed by atoms with E-state index in [-0.39, 0.29) is 0 Å². The number of likely N-dealkylation sites (tertiary alicyclic amines) is 1. The predicted octanol–water partition coefficient (Wildman–Crippen LogP) is 3.47. The normalized spacial score (nSPS) is 23.0. The molecule has 4 nitrogen and oxygen atoms in total. The Balaban J connectivity index is 1.66. The average Bonchev–Trinajstić information content (AvgIpc) is 2.94. The van der Waals surface area contributed by atoms with Crippen molar-refractivity contribution < 1.29 is 0 Å². The van der Waals surface area contributed by atoms with Gasteiger partial charge in [-0.2, -0.15) is 0 Å². The largest absolute Gasteiger partial charge is 0.298 e. The number of nitrogens with zero attached hydrogens (tertiary/aromatic N) is 4. The van der Waals surface area contributed by atoms with Crippen LogP contribution in [0.15, 0.2) is 0 Å². The quantitative estimate of drug-likeness (QED) is 0.831. The molecule has 2 aliphatic rings. The monoisotopic (exact) mass is 322 g/mol. The van der Waals surface area contributed by atoms with Crippen LogP contribution in [0.3, 0.4) is 0 Å². The molecule has 0 aromatic carbocycles. The van der Waals surface area contributed by atoms with Crippen molar-refractivity contribution in [1.82, 2.24) is 20.0 Å². The lowest BCUT2D eigenvalue weighted by Crippen LogP contribution is -2.57. The summed E-state index contributed by atoms with van der Waals surface area (Å²) in [7, 11) is 2.26. The van der Waals surface area contributed by atoms with Crippen LogP contribution in [0.1, 0.15) is 61.4 Å².